The number of ether oxygens (including phenoxy) is 3. The molecule has 3 rings (SSSR count). The summed E-state index contributed by atoms with van der Waals surface area (Å²) in [6, 6.07) is 12.4. The number of methoxy groups -OCH3 is 1. The van der Waals surface area contributed by atoms with Crippen molar-refractivity contribution < 1.29 is 23.8 Å². The number of amides is 1. The minimum absolute atomic E-state index is 0.0562. The van der Waals surface area contributed by atoms with Crippen LogP contribution in [0.25, 0.3) is 0 Å². The summed E-state index contributed by atoms with van der Waals surface area (Å²) in [6.45, 7) is 4.91. The predicted molar refractivity (Wildman–Crippen MR) is 120 cm³/mol. The van der Waals surface area contributed by atoms with E-state index >= 15 is 0 Å². The van der Waals surface area contributed by atoms with Crippen molar-refractivity contribution in [3.8, 4) is 5.75 Å². The second-order valence-corrected chi connectivity index (χ2v) is 8.13. The highest BCUT2D eigenvalue weighted by atomic mass is 35.5. The Kier molecular flexibility index (Phi) is 7.57. The zero-order valence-electron chi connectivity index (χ0n) is 18.1. The molecule has 1 amide bonds. The smallest absolute Gasteiger partial charge is 0.341 e. The predicted octanol–water partition coefficient (Wildman–Crippen LogP) is 4.99. The summed E-state index contributed by atoms with van der Waals surface area (Å²) in [5, 5.41) is 3.61. The maximum atomic E-state index is 13.5. The van der Waals surface area contributed by atoms with Crippen molar-refractivity contribution in [1.29, 1.82) is 0 Å². The summed E-state index contributed by atoms with van der Waals surface area (Å²) in [6.07, 6.45) is 1.85. The van der Waals surface area contributed by atoms with E-state index in [1.165, 1.54) is 7.11 Å². The summed E-state index contributed by atoms with van der Waals surface area (Å²) in [5.41, 5.74) is 0.928. The molecule has 0 unspecified atom stereocenters. The highest BCUT2D eigenvalue weighted by Gasteiger charge is 2.41. The van der Waals surface area contributed by atoms with Crippen LogP contribution in [0.1, 0.15) is 49.0 Å². The number of nitrogens with one attached hydrogen (secondary N) is 1. The molecule has 0 aromatic heterocycles. The number of anilines is 1. The van der Waals surface area contributed by atoms with Crippen LogP contribution >= 0.6 is 11.6 Å². The molecule has 0 aliphatic carbocycles. The lowest BCUT2D eigenvalue weighted by atomic mass is 9.73. The van der Waals surface area contributed by atoms with Crippen LogP contribution in [0, 0.1) is 0 Å². The maximum Gasteiger partial charge on any atom is 0.341 e. The van der Waals surface area contributed by atoms with Gasteiger partial charge in [-0.1, -0.05) is 30.7 Å². The third-order valence-electron chi connectivity index (χ3n) is 5.72. The second kappa shape index (κ2) is 10.2. The lowest BCUT2D eigenvalue weighted by molar-refractivity contribution is -0.125. The Bertz CT molecular complexity index is 922. The molecule has 7 heteroatoms. The number of carbonyl (C=O) groups excluding carboxylic acids is 2. The summed E-state index contributed by atoms with van der Waals surface area (Å²) in [7, 11) is 1.32. The Hall–Kier alpha value is -2.57. The summed E-state index contributed by atoms with van der Waals surface area (Å²) < 4.78 is 16.3. The van der Waals surface area contributed by atoms with Crippen LogP contribution in [0.3, 0.4) is 0 Å². The molecule has 1 saturated heterocycles. The normalized spacial score (nSPS) is 16.3. The molecule has 2 aromatic carbocycles. The molecular formula is C24H28ClNO5. The first-order valence-corrected chi connectivity index (χ1v) is 10.8. The zero-order valence-corrected chi connectivity index (χ0v) is 18.8. The van der Waals surface area contributed by atoms with E-state index in [-0.39, 0.29) is 17.6 Å². The van der Waals surface area contributed by atoms with Crippen molar-refractivity contribution in [2.75, 3.05) is 25.6 Å². The van der Waals surface area contributed by atoms with Gasteiger partial charge < -0.3 is 19.5 Å². The van der Waals surface area contributed by atoms with Crippen molar-refractivity contribution in [2.24, 2.45) is 0 Å². The van der Waals surface area contributed by atoms with Gasteiger partial charge in [-0.15, -0.1) is 0 Å². The van der Waals surface area contributed by atoms with Crippen LogP contribution in [-0.2, 0) is 19.7 Å². The lowest BCUT2D eigenvalue weighted by Gasteiger charge is -2.36. The van der Waals surface area contributed by atoms with Gasteiger partial charge in [0.2, 0.25) is 5.91 Å². The minimum atomic E-state index is -0.736. The van der Waals surface area contributed by atoms with Gasteiger partial charge in [-0.25, -0.2) is 4.79 Å². The summed E-state index contributed by atoms with van der Waals surface area (Å²) in [4.78, 5) is 25.8. The largest absolute Gasteiger partial charge is 0.490 e. The molecule has 6 nitrogen and oxygen atoms in total. The van der Waals surface area contributed by atoms with E-state index in [1.807, 2.05) is 26.0 Å². The van der Waals surface area contributed by atoms with Crippen molar-refractivity contribution in [3.63, 3.8) is 0 Å². The third kappa shape index (κ3) is 5.20. The van der Waals surface area contributed by atoms with E-state index in [9.17, 15) is 9.59 Å². The van der Waals surface area contributed by atoms with Gasteiger partial charge in [-0.3, -0.25) is 4.79 Å². The maximum absolute atomic E-state index is 13.5. The van der Waals surface area contributed by atoms with Crippen LogP contribution < -0.4 is 10.1 Å². The highest BCUT2D eigenvalue weighted by Crippen LogP contribution is 2.37. The highest BCUT2D eigenvalue weighted by molar-refractivity contribution is 6.30. The van der Waals surface area contributed by atoms with Crippen molar-refractivity contribution in [1.82, 2.24) is 0 Å². The van der Waals surface area contributed by atoms with Gasteiger partial charge in [0, 0.05) is 23.9 Å². The van der Waals surface area contributed by atoms with Gasteiger partial charge in [-0.05, 0) is 62.1 Å². The molecule has 166 valence electrons. The zero-order chi connectivity index (χ0) is 22.4. The second-order valence-electron chi connectivity index (χ2n) is 7.69. The minimum Gasteiger partial charge on any atom is -0.490 e. The van der Waals surface area contributed by atoms with Gasteiger partial charge in [0.1, 0.15) is 11.3 Å². The van der Waals surface area contributed by atoms with Crippen LogP contribution in [0.4, 0.5) is 5.69 Å². The van der Waals surface area contributed by atoms with E-state index < -0.39 is 11.4 Å². The standard InChI is InChI=1S/C24H28ClNO5/c1-4-16(2)31-21-10-9-19(15-20(21)22(27)29-3)26-23(28)24(11-13-30-14-12-24)17-5-7-18(25)8-6-17/h5-10,15-16H,4,11-14H2,1-3H3,(H,26,28)/t16-/m1/s1. The lowest BCUT2D eigenvalue weighted by Crippen LogP contribution is -2.44. The molecule has 0 spiro atoms. The van der Waals surface area contributed by atoms with E-state index in [1.54, 1.807) is 30.3 Å². The van der Waals surface area contributed by atoms with E-state index in [0.29, 0.717) is 42.5 Å². The summed E-state index contributed by atoms with van der Waals surface area (Å²) >= 11 is 6.05. The van der Waals surface area contributed by atoms with Gasteiger partial charge in [0.25, 0.3) is 0 Å². The van der Waals surface area contributed by atoms with E-state index in [4.69, 9.17) is 25.8 Å². The monoisotopic (exact) mass is 445 g/mol. The Morgan fingerprint density at radius 2 is 1.84 bits per heavy atom. The number of halogens is 1. The topological polar surface area (TPSA) is 73.9 Å². The van der Waals surface area contributed by atoms with Crippen LogP contribution in [0.2, 0.25) is 5.02 Å². The molecule has 0 radical (unpaired) electrons. The molecule has 0 bridgehead atoms. The quantitative estimate of drug-likeness (QED) is 0.607. The van der Waals surface area contributed by atoms with Crippen molar-refractivity contribution >= 4 is 29.2 Å². The van der Waals surface area contributed by atoms with Crippen molar-refractivity contribution in [3.05, 3.63) is 58.6 Å². The molecule has 2 aromatic rings. The Morgan fingerprint density at radius 1 is 1.16 bits per heavy atom. The fourth-order valence-corrected chi connectivity index (χ4v) is 3.79. The first-order valence-electron chi connectivity index (χ1n) is 10.4. The van der Waals surface area contributed by atoms with Gasteiger partial charge >= 0.3 is 5.97 Å². The molecule has 0 saturated carbocycles. The Labute approximate surface area is 187 Å². The molecule has 1 heterocycles. The number of hydrogen-bond acceptors (Lipinski definition) is 5. The van der Waals surface area contributed by atoms with Crippen LogP contribution in [0.15, 0.2) is 42.5 Å². The molecule has 1 aliphatic heterocycles. The SMILES string of the molecule is CC[C@@H](C)Oc1ccc(NC(=O)C2(c3ccc(Cl)cc3)CCOCC2)cc1C(=O)OC. The molecular weight excluding hydrogens is 418 g/mol. The van der Waals surface area contributed by atoms with Crippen LogP contribution in [-0.4, -0.2) is 38.3 Å². The first kappa shape index (κ1) is 23.1. The Morgan fingerprint density at radius 3 is 2.45 bits per heavy atom. The fraction of sp³-hybridized carbons (Fsp3) is 0.417. The number of hydrogen-bond donors (Lipinski definition) is 1. The Balaban J connectivity index is 1.91. The molecule has 31 heavy (non-hydrogen) atoms. The number of carbonyl (C=O) groups is 2. The third-order valence-corrected chi connectivity index (χ3v) is 5.98. The molecule has 1 atom stereocenters. The molecule has 1 N–H and O–H groups in total. The van der Waals surface area contributed by atoms with Crippen LogP contribution in [0.5, 0.6) is 5.75 Å². The molecule has 1 aliphatic rings. The van der Waals surface area contributed by atoms with Crippen molar-refractivity contribution in [2.45, 2.75) is 44.6 Å². The molecule has 1 fully saturated rings. The number of benzene rings is 2. The number of rotatable bonds is 7. The van der Waals surface area contributed by atoms with E-state index in [2.05, 4.69) is 5.32 Å². The average Bonchev–Trinajstić information content (AvgIpc) is 2.80. The van der Waals surface area contributed by atoms with Gasteiger partial charge in [-0.2, -0.15) is 0 Å². The first-order chi connectivity index (χ1) is 14.9. The van der Waals surface area contributed by atoms with E-state index in [0.717, 1.165) is 12.0 Å². The number of esters is 1. The van der Waals surface area contributed by atoms with Gasteiger partial charge in [0.15, 0.2) is 0 Å². The van der Waals surface area contributed by atoms with Gasteiger partial charge in [0.05, 0.1) is 18.6 Å². The average molecular weight is 446 g/mol. The summed E-state index contributed by atoms with van der Waals surface area (Å²) in [5.74, 6) is -0.241. The fourth-order valence-electron chi connectivity index (χ4n) is 3.67.